The zero-order valence-corrected chi connectivity index (χ0v) is 10.4. The summed E-state index contributed by atoms with van der Waals surface area (Å²) in [5, 5.41) is 8.67. The Labute approximate surface area is 96.3 Å². The highest BCUT2D eigenvalue weighted by Gasteiger charge is 2.13. The van der Waals surface area contributed by atoms with Crippen molar-refractivity contribution in [2.24, 2.45) is 0 Å². The molecule has 0 aromatic carbocycles. The number of nitrogens with zero attached hydrogens (tertiary/aromatic N) is 3. The first kappa shape index (κ1) is 11.9. The van der Waals surface area contributed by atoms with E-state index in [0.717, 1.165) is 10.2 Å². The van der Waals surface area contributed by atoms with Crippen molar-refractivity contribution in [1.29, 1.82) is 0 Å². The fraction of sp³-hybridized carbons (Fsp3) is 0.444. The van der Waals surface area contributed by atoms with Crippen LogP contribution < -0.4 is 4.90 Å². The lowest BCUT2D eigenvalue weighted by molar-refractivity contribution is -0.135. The van der Waals surface area contributed by atoms with Gasteiger partial charge in [0.15, 0.2) is 0 Å². The Balaban J connectivity index is 3.07. The first-order valence-corrected chi connectivity index (χ1v) is 5.14. The first-order valence-electron chi connectivity index (χ1n) is 4.35. The number of aryl methyl sites for hydroxylation is 2. The Morgan fingerprint density at radius 3 is 2.60 bits per heavy atom. The molecule has 0 atom stereocenters. The zero-order valence-electron chi connectivity index (χ0n) is 8.78. The van der Waals surface area contributed by atoms with Crippen molar-refractivity contribution in [2.75, 3.05) is 18.5 Å². The molecule has 0 radical (unpaired) electrons. The van der Waals surface area contributed by atoms with Gasteiger partial charge in [-0.25, -0.2) is 9.97 Å². The molecule has 0 aliphatic heterocycles. The van der Waals surface area contributed by atoms with Crippen molar-refractivity contribution >= 4 is 27.7 Å². The van der Waals surface area contributed by atoms with E-state index in [2.05, 4.69) is 25.9 Å². The van der Waals surface area contributed by atoms with Crippen molar-refractivity contribution in [3.05, 3.63) is 16.0 Å². The van der Waals surface area contributed by atoms with Gasteiger partial charge in [-0.3, -0.25) is 4.79 Å². The lowest BCUT2D eigenvalue weighted by Crippen LogP contribution is -2.26. The Morgan fingerprint density at radius 1 is 1.47 bits per heavy atom. The van der Waals surface area contributed by atoms with E-state index < -0.39 is 5.97 Å². The van der Waals surface area contributed by atoms with Crippen molar-refractivity contribution in [2.45, 2.75) is 13.8 Å². The molecule has 0 bridgehead atoms. The molecule has 5 nitrogen and oxygen atoms in total. The monoisotopic (exact) mass is 273 g/mol. The van der Waals surface area contributed by atoms with E-state index in [-0.39, 0.29) is 6.54 Å². The molecular weight excluding hydrogens is 262 g/mol. The van der Waals surface area contributed by atoms with Crippen molar-refractivity contribution in [3.63, 3.8) is 0 Å². The summed E-state index contributed by atoms with van der Waals surface area (Å²) in [6.45, 7) is 3.53. The fourth-order valence-corrected chi connectivity index (χ4v) is 1.69. The lowest BCUT2D eigenvalue weighted by Gasteiger charge is -2.18. The third-order valence-electron chi connectivity index (χ3n) is 1.85. The van der Waals surface area contributed by atoms with Crippen LogP contribution in [0.15, 0.2) is 4.47 Å². The SMILES string of the molecule is Cc1nc(C)c(Br)c(N(C)CC(=O)O)n1. The Morgan fingerprint density at radius 2 is 2.07 bits per heavy atom. The summed E-state index contributed by atoms with van der Waals surface area (Å²) in [6.07, 6.45) is 0. The topological polar surface area (TPSA) is 66.3 Å². The molecule has 1 aromatic rings. The van der Waals surface area contributed by atoms with Crippen LogP contribution in [0.4, 0.5) is 5.82 Å². The third-order valence-corrected chi connectivity index (χ3v) is 2.77. The van der Waals surface area contributed by atoms with Gasteiger partial charge < -0.3 is 10.0 Å². The number of rotatable bonds is 3. The molecule has 0 aliphatic rings. The standard InChI is InChI=1S/C9H12BrN3O2/c1-5-8(10)9(12-6(2)11-5)13(3)4-7(14)15/h4H2,1-3H3,(H,14,15). The molecule has 1 heterocycles. The molecule has 1 rings (SSSR count). The van der Waals surface area contributed by atoms with Crippen LogP contribution in [0.3, 0.4) is 0 Å². The van der Waals surface area contributed by atoms with Gasteiger partial charge in [0.1, 0.15) is 18.2 Å². The van der Waals surface area contributed by atoms with E-state index in [1.807, 2.05) is 6.92 Å². The van der Waals surface area contributed by atoms with Gasteiger partial charge in [0.25, 0.3) is 0 Å². The molecule has 0 saturated carbocycles. The van der Waals surface area contributed by atoms with E-state index in [4.69, 9.17) is 5.11 Å². The molecule has 0 amide bonds. The molecule has 6 heteroatoms. The summed E-state index contributed by atoms with van der Waals surface area (Å²) in [5.74, 6) is 0.337. The molecule has 0 saturated heterocycles. The maximum absolute atomic E-state index is 10.6. The highest BCUT2D eigenvalue weighted by Crippen LogP contribution is 2.25. The van der Waals surface area contributed by atoms with Crippen molar-refractivity contribution in [1.82, 2.24) is 9.97 Å². The second-order valence-electron chi connectivity index (χ2n) is 3.24. The summed E-state index contributed by atoms with van der Waals surface area (Å²) in [5.41, 5.74) is 0.801. The van der Waals surface area contributed by atoms with Crippen LogP contribution in [0.2, 0.25) is 0 Å². The molecule has 0 spiro atoms. The minimum atomic E-state index is -0.890. The van der Waals surface area contributed by atoms with Gasteiger partial charge in [-0.05, 0) is 29.8 Å². The molecule has 1 aromatic heterocycles. The number of hydrogen-bond donors (Lipinski definition) is 1. The number of likely N-dealkylation sites (N-methyl/N-ethyl adjacent to an activating group) is 1. The molecular formula is C9H12BrN3O2. The van der Waals surface area contributed by atoms with Gasteiger partial charge >= 0.3 is 5.97 Å². The van der Waals surface area contributed by atoms with Crippen molar-refractivity contribution < 1.29 is 9.90 Å². The predicted octanol–water partition coefficient (Wildman–Crippen LogP) is 1.38. The van der Waals surface area contributed by atoms with E-state index in [0.29, 0.717) is 11.6 Å². The van der Waals surface area contributed by atoms with Gasteiger partial charge in [-0.1, -0.05) is 0 Å². The van der Waals surface area contributed by atoms with E-state index in [1.54, 1.807) is 18.9 Å². The summed E-state index contributed by atoms with van der Waals surface area (Å²) < 4.78 is 0.733. The molecule has 82 valence electrons. The van der Waals surface area contributed by atoms with E-state index >= 15 is 0 Å². The number of carbonyl (C=O) groups is 1. The average Bonchev–Trinajstić information content (AvgIpc) is 2.09. The molecule has 0 fully saturated rings. The van der Waals surface area contributed by atoms with E-state index in [9.17, 15) is 4.79 Å². The Bertz CT molecular complexity index is 395. The summed E-state index contributed by atoms with van der Waals surface area (Å²) in [6, 6.07) is 0. The number of halogens is 1. The fourth-order valence-electron chi connectivity index (χ4n) is 1.21. The van der Waals surface area contributed by atoms with Gasteiger partial charge in [-0.2, -0.15) is 0 Å². The number of anilines is 1. The largest absolute Gasteiger partial charge is 0.480 e. The predicted molar refractivity (Wildman–Crippen MR) is 60.1 cm³/mol. The van der Waals surface area contributed by atoms with Crippen molar-refractivity contribution in [3.8, 4) is 0 Å². The third kappa shape index (κ3) is 2.89. The highest BCUT2D eigenvalue weighted by molar-refractivity contribution is 9.10. The maximum Gasteiger partial charge on any atom is 0.323 e. The zero-order chi connectivity index (χ0) is 11.6. The molecule has 0 aliphatic carbocycles. The van der Waals surface area contributed by atoms with Crippen LogP contribution in [-0.2, 0) is 4.79 Å². The Kier molecular flexibility index (Phi) is 3.62. The molecule has 1 N–H and O–H groups in total. The van der Waals surface area contributed by atoms with Gasteiger partial charge in [0, 0.05) is 7.05 Å². The first-order chi connectivity index (χ1) is 6.91. The summed E-state index contributed by atoms with van der Waals surface area (Å²) >= 11 is 3.35. The average molecular weight is 274 g/mol. The highest BCUT2D eigenvalue weighted by atomic mass is 79.9. The quantitative estimate of drug-likeness (QED) is 0.901. The van der Waals surface area contributed by atoms with E-state index in [1.165, 1.54) is 0 Å². The lowest BCUT2D eigenvalue weighted by atomic mass is 10.4. The number of aromatic nitrogens is 2. The Hall–Kier alpha value is -1.17. The van der Waals surface area contributed by atoms with Gasteiger partial charge in [0.05, 0.1) is 10.2 Å². The van der Waals surface area contributed by atoms with Crippen LogP contribution in [-0.4, -0.2) is 34.6 Å². The number of carboxylic acids is 1. The normalized spacial score (nSPS) is 10.1. The second-order valence-corrected chi connectivity index (χ2v) is 4.04. The number of carboxylic acid groups (broad SMARTS) is 1. The maximum atomic E-state index is 10.6. The smallest absolute Gasteiger partial charge is 0.323 e. The van der Waals surface area contributed by atoms with Crippen LogP contribution in [0.5, 0.6) is 0 Å². The number of hydrogen-bond acceptors (Lipinski definition) is 4. The van der Waals surface area contributed by atoms with Crippen LogP contribution in [0.25, 0.3) is 0 Å². The summed E-state index contributed by atoms with van der Waals surface area (Å²) in [7, 11) is 1.68. The molecule has 15 heavy (non-hydrogen) atoms. The molecule has 0 unspecified atom stereocenters. The summed E-state index contributed by atoms with van der Waals surface area (Å²) in [4.78, 5) is 20.5. The minimum Gasteiger partial charge on any atom is -0.480 e. The van der Waals surface area contributed by atoms with Gasteiger partial charge in [-0.15, -0.1) is 0 Å². The minimum absolute atomic E-state index is 0.0888. The number of aliphatic carboxylic acids is 1. The second kappa shape index (κ2) is 4.57. The van der Waals surface area contributed by atoms with Crippen LogP contribution in [0.1, 0.15) is 11.5 Å². The van der Waals surface area contributed by atoms with Crippen LogP contribution in [0, 0.1) is 13.8 Å². The van der Waals surface area contributed by atoms with Gasteiger partial charge in [0.2, 0.25) is 0 Å². The van der Waals surface area contributed by atoms with Crippen LogP contribution >= 0.6 is 15.9 Å².